The smallest absolute Gasteiger partial charge is 0.344 e. The number of aliphatic carboxylic acids is 1. The molecule has 2 aromatic carbocycles. The molecule has 0 amide bonds. The number of nitrogens with one attached hydrogen (secondary N) is 1. The number of carboxylic acids is 1. The summed E-state index contributed by atoms with van der Waals surface area (Å²) in [6, 6.07) is 17.5. The fourth-order valence-corrected chi connectivity index (χ4v) is 3.21. The van der Waals surface area contributed by atoms with E-state index in [1.165, 1.54) is 13.8 Å². The third-order valence-corrected chi connectivity index (χ3v) is 6.12. The molecule has 2 rings (SSSR count). The van der Waals surface area contributed by atoms with Crippen molar-refractivity contribution in [1.29, 1.82) is 0 Å². The molecule has 1 atom stereocenters. The minimum absolute atomic E-state index is 0.0724. The molecule has 4 N–H and O–H groups in total. The molecule has 27 heavy (non-hydrogen) atoms. The Balaban J connectivity index is 2.14. The Morgan fingerprint density at radius 3 is 2.11 bits per heavy atom. The van der Waals surface area contributed by atoms with Crippen LogP contribution in [-0.2, 0) is 15.8 Å². The zero-order valence-corrected chi connectivity index (χ0v) is 16.4. The molecule has 0 saturated carbocycles. The van der Waals surface area contributed by atoms with Gasteiger partial charge in [0.2, 0.25) is 0 Å². The van der Waals surface area contributed by atoms with Crippen LogP contribution < -0.4 is 5.32 Å². The summed E-state index contributed by atoms with van der Waals surface area (Å²) in [5.41, 5.74) is 3.15. The van der Waals surface area contributed by atoms with Crippen molar-refractivity contribution in [3.8, 4) is 11.1 Å². The maximum atomic E-state index is 11.7. The molecule has 0 bridgehead atoms. The van der Waals surface area contributed by atoms with Crippen molar-refractivity contribution in [2.75, 3.05) is 0 Å². The minimum atomic E-state index is -4.38. The average molecular weight is 391 g/mol. The Hall–Kier alpha value is -1.98. The van der Waals surface area contributed by atoms with Gasteiger partial charge in [-0.2, -0.15) is 0 Å². The first-order valence-electron chi connectivity index (χ1n) is 8.78. The van der Waals surface area contributed by atoms with Gasteiger partial charge < -0.3 is 14.9 Å². The van der Waals surface area contributed by atoms with Crippen molar-refractivity contribution in [1.82, 2.24) is 5.32 Å². The molecule has 0 radical (unpaired) electrons. The second-order valence-corrected chi connectivity index (χ2v) is 9.35. The maximum absolute atomic E-state index is 11.7. The van der Waals surface area contributed by atoms with Gasteiger partial charge in [-0.3, -0.25) is 14.7 Å². The third kappa shape index (κ3) is 6.29. The van der Waals surface area contributed by atoms with Crippen LogP contribution in [0.15, 0.2) is 54.6 Å². The lowest BCUT2D eigenvalue weighted by atomic mass is 9.98. The molecule has 2 aromatic rings. The summed E-state index contributed by atoms with van der Waals surface area (Å²) in [5, 5.41) is 10.5. The molecule has 0 aromatic heterocycles. The summed E-state index contributed by atoms with van der Waals surface area (Å²) in [6.45, 7) is 2.86. The molecule has 0 aliphatic heterocycles. The number of benzene rings is 2. The first kappa shape index (κ1) is 21.3. The molecule has 0 spiro atoms. The van der Waals surface area contributed by atoms with E-state index >= 15 is 0 Å². The van der Waals surface area contributed by atoms with E-state index in [9.17, 15) is 19.1 Å². The van der Waals surface area contributed by atoms with Crippen LogP contribution >= 0.6 is 7.60 Å². The molecule has 146 valence electrons. The van der Waals surface area contributed by atoms with E-state index < -0.39 is 18.8 Å². The number of hydrogen-bond acceptors (Lipinski definition) is 3. The predicted molar refractivity (Wildman–Crippen MR) is 105 cm³/mol. The van der Waals surface area contributed by atoms with Crippen molar-refractivity contribution in [3.05, 3.63) is 60.2 Å². The van der Waals surface area contributed by atoms with E-state index in [-0.39, 0.29) is 18.9 Å². The van der Waals surface area contributed by atoms with Crippen LogP contribution in [0.5, 0.6) is 0 Å². The van der Waals surface area contributed by atoms with Gasteiger partial charge in [0, 0.05) is 12.5 Å². The van der Waals surface area contributed by atoms with Gasteiger partial charge in [0.15, 0.2) is 0 Å². The molecule has 0 aliphatic rings. The van der Waals surface area contributed by atoms with Crippen LogP contribution in [0.4, 0.5) is 0 Å². The molecule has 0 unspecified atom stereocenters. The summed E-state index contributed by atoms with van der Waals surface area (Å²) < 4.78 is 11.7. The third-order valence-electron chi connectivity index (χ3n) is 4.54. The van der Waals surface area contributed by atoms with Crippen LogP contribution in [0.1, 0.15) is 32.3 Å². The highest BCUT2D eigenvalue weighted by Crippen LogP contribution is 2.48. The fraction of sp³-hybridized carbons (Fsp3) is 0.350. The van der Waals surface area contributed by atoms with E-state index in [0.29, 0.717) is 6.42 Å². The molecular formula is C20H26NO5P. The Kier molecular flexibility index (Phi) is 6.95. The van der Waals surface area contributed by atoms with Gasteiger partial charge >= 0.3 is 13.6 Å². The van der Waals surface area contributed by atoms with E-state index in [1.807, 2.05) is 54.6 Å². The summed E-state index contributed by atoms with van der Waals surface area (Å²) in [4.78, 5) is 30.0. The zero-order chi connectivity index (χ0) is 20.1. The molecule has 0 fully saturated rings. The van der Waals surface area contributed by atoms with Gasteiger partial charge in [-0.05, 0) is 43.4 Å². The molecular weight excluding hydrogens is 365 g/mol. The lowest BCUT2D eigenvalue weighted by Gasteiger charge is -2.32. The predicted octanol–water partition coefficient (Wildman–Crippen LogP) is 3.63. The first-order chi connectivity index (χ1) is 12.6. The topological polar surface area (TPSA) is 107 Å². The number of rotatable bonds is 9. The second-order valence-electron chi connectivity index (χ2n) is 7.14. The van der Waals surface area contributed by atoms with Gasteiger partial charge in [0.1, 0.15) is 5.28 Å². The average Bonchev–Trinajstić information content (AvgIpc) is 2.60. The standard InChI is InChI=1S/C20H26NO5P/c1-20(2,27(24,25)26)21-18(12-13-19(22)23)14-15-8-10-17(11-9-15)16-6-4-3-5-7-16/h3-11,18,21H,12-14H2,1-2H3,(H,22,23)(H2,24,25,26)/t18-/m0/s1. The Bertz CT molecular complexity index is 799. The van der Waals surface area contributed by atoms with Gasteiger partial charge in [-0.1, -0.05) is 54.6 Å². The highest BCUT2D eigenvalue weighted by atomic mass is 31.2. The van der Waals surface area contributed by atoms with E-state index in [4.69, 9.17) is 5.11 Å². The van der Waals surface area contributed by atoms with Crippen molar-refractivity contribution in [2.24, 2.45) is 0 Å². The van der Waals surface area contributed by atoms with E-state index in [0.717, 1.165) is 16.7 Å². The highest BCUT2D eigenvalue weighted by molar-refractivity contribution is 7.53. The van der Waals surface area contributed by atoms with Gasteiger partial charge in [-0.15, -0.1) is 0 Å². The quantitative estimate of drug-likeness (QED) is 0.486. The van der Waals surface area contributed by atoms with Gasteiger partial charge in [0.25, 0.3) is 0 Å². The Morgan fingerprint density at radius 1 is 1.04 bits per heavy atom. The van der Waals surface area contributed by atoms with Crippen molar-refractivity contribution in [2.45, 2.75) is 44.4 Å². The number of carboxylic acid groups (broad SMARTS) is 1. The molecule has 6 nitrogen and oxygen atoms in total. The molecule has 0 saturated heterocycles. The monoisotopic (exact) mass is 391 g/mol. The lowest BCUT2D eigenvalue weighted by molar-refractivity contribution is -0.137. The van der Waals surface area contributed by atoms with Crippen LogP contribution in [0.3, 0.4) is 0 Å². The minimum Gasteiger partial charge on any atom is -0.481 e. The van der Waals surface area contributed by atoms with Crippen molar-refractivity contribution >= 4 is 13.6 Å². The van der Waals surface area contributed by atoms with Crippen LogP contribution in [0, 0.1) is 0 Å². The summed E-state index contributed by atoms with van der Waals surface area (Å²) in [6.07, 6.45) is 0.683. The highest BCUT2D eigenvalue weighted by Gasteiger charge is 2.39. The normalized spacial score (nSPS) is 13.3. The van der Waals surface area contributed by atoms with Crippen molar-refractivity contribution in [3.63, 3.8) is 0 Å². The van der Waals surface area contributed by atoms with Crippen molar-refractivity contribution < 1.29 is 24.3 Å². The molecule has 7 heteroatoms. The lowest BCUT2D eigenvalue weighted by Crippen LogP contribution is -2.46. The SMILES string of the molecule is CC(C)(N[C@@H](CCC(=O)O)Cc1ccc(-c2ccccc2)cc1)P(=O)(O)O. The number of hydrogen-bond donors (Lipinski definition) is 4. The zero-order valence-electron chi connectivity index (χ0n) is 15.5. The fourth-order valence-electron chi connectivity index (χ4n) is 2.85. The van der Waals surface area contributed by atoms with Crippen LogP contribution in [-0.4, -0.2) is 32.2 Å². The van der Waals surface area contributed by atoms with E-state index in [1.54, 1.807) is 0 Å². The second kappa shape index (κ2) is 8.81. The molecule has 0 heterocycles. The Morgan fingerprint density at radius 2 is 1.59 bits per heavy atom. The van der Waals surface area contributed by atoms with E-state index in [2.05, 4.69) is 5.32 Å². The van der Waals surface area contributed by atoms with Crippen LogP contribution in [0.25, 0.3) is 11.1 Å². The largest absolute Gasteiger partial charge is 0.481 e. The summed E-state index contributed by atoms with van der Waals surface area (Å²) in [5.74, 6) is -0.935. The molecule has 0 aliphatic carbocycles. The summed E-state index contributed by atoms with van der Waals surface area (Å²) >= 11 is 0. The van der Waals surface area contributed by atoms with Gasteiger partial charge in [-0.25, -0.2) is 0 Å². The van der Waals surface area contributed by atoms with Crippen LogP contribution in [0.2, 0.25) is 0 Å². The summed E-state index contributed by atoms with van der Waals surface area (Å²) in [7, 11) is -4.38. The first-order valence-corrected chi connectivity index (χ1v) is 10.4. The maximum Gasteiger partial charge on any atom is 0.344 e. The Labute approximate surface area is 159 Å². The van der Waals surface area contributed by atoms with Gasteiger partial charge in [0.05, 0.1) is 0 Å². The number of carbonyl (C=O) groups is 1.